The van der Waals surface area contributed by atoms with E-state index in [1.807, 2.05) is 19.9 Å². The van der Waals surface area contributed by atoms with E-state index in [4.69, 9.17) is 0 Å². The third-order valence-corrected chi connectivity index (χ3v) is 5.65. The number of likely N-dealkylation sites (tertiary alicyclic amines) is 1. The number of nitrogens with one attached hydrogen (secondary N) is 1. The number of allylic oxidation sites excluding steroid dienone is 2. The second kappa shape index (κ2) is 5.69. The highest BCUT2D eigenvalue weighted by Gasteiger charge is 2.58. The number of nitriles is 1. The SMILES string of the molecule is Cc1cc(C)c(C#N)c(NCCN2C(=O)[C@@H]3[C@H](C2=O)[C@H]2C=C[C@H]3C2)n1. The maximum absolute atomic E-state index is 12.6. The third kappa shape index (κ3) is 2.34. The molecule has 2 amide bonds. The number of anilines is 1. The van der Waals surface area contributed by atoms with Gasteiger partial charge in [0, 0.05) is 18.8 Å². The lowest BCUT2D eigenvalue weighted by Gasteiger charge is -2.18. The van der Waals surface area contributed by atoms with Crippen molar-refractivity contribution in [3.8, 4) is 6.07 Å². The first-order valence-electron chi connectivity index (χ1n) is 8.67. The van der Waals surface area contributed by atoms with Gasteiger partial charge < -0.3 is 5.32 Å². The Bertz CT molecular complexity index is 809. The molecular formula is C19H20N4O2. The van der Waals surface area contributed by atoms with Gasteiger partial charge >= 0.3 is 0 Å². The fraction of sp³-hybridized carbons (Fsp3) is 0.474. The number of imide groups is 1. The van der Waals surface area contributed by atoms with E-state index in [9.17, 15) is 14.9 Å². The van der Waals surface area contributed by atoms with Crippen molar-refractivity contribution in [3.63, 3.8) is 0 Å². The van der Waals surface area contributed by atoms with Gasteiger partial charge in [0.1, 0.15) is 11.9 Å². The largest absolute Gasteiger partial charge is 0.367 e. The molecule has 128 valence electrons. The van der Waals surface area contributed by atoms with Gasteiger partial charge in [0.2, 0.25) is 11.8 Å². The number of hydrogen-bond acceptors (Lipinski definition) is 5. The van der Waals surface area contributed by atoms with Gasteiger partial charge in [-0.25, -0.2) is 4.98 Å². The first-order valence-corrected chi connectivity index (χ1v) is 8.67. The van der Waals surface area contributed by atoms with E-state index in [2.05, 4.69) is 28.5 Å². The molecule has 4 rings (SSSR count). The van der Waals surface area contributed by atoms with Gasteiger partial charge in [0.15, 0.2) is 0 Å². The van der Waals surface area contributed by atoms with Crippen LogP contribution in [0.25, 0.3) is 0 Å². The summed E-state index contributed by atoms with van der Waals surface area (Å²) >= 11 is 0. The first kappa shape index (κ1) is 15.8. The van der Waals surface area contributed by atoms with Gasteiger partial charge in [-0.05, 0) is 43.7 Å². The molecule has 1 aromatic heterocycles. The van der Waals surface area contributed by atoms with Crippen LogP contribution in [0.5, 0.6) is 0 Å². The molecule has 2 fully saturated rings. The summed E-state index contributed by atoms with van der Waals surface area (Å²) < 4.78 is 0. The molecule has 2 heterocycles. The monoisotopic (exact) mass is 336 g/mol. The van der Waals surface area contributed by atoms with Crippen molar-refractivity contribution < 1.29 is 9.59 Å². The van der Waals surface area contributed by atoms with Gasteiger partial charge in [-0.2, -0.15) is 5.26 Å². The molecule has 1 saturated heterocycles. The maximum atomic E-state index is 12.6. The van der Waals surface area contributed by atoms with Crippen LogP contribution >= 0.6 is 0 Å². The average Bonchev–Trinajstić information content (AvgIpc) is 3.23. The van der Waals surface area contributed by atoms with Crippen LogP contribution in [0.2, 0.25) is 0 Å². The lowest BCUT2D eigenvalue weighted by atomic mass is 9.85. The van der Waals surface area contributed by atoms with Gasteiger partial charge in [-0.3, -0.25) is 14.5 Å². The normalized spacial score (nSPS) is 29.2. The van der Waals surface area contributed by atoms with Crippen LogP contribution in [0.15, 0.2) is 18.2 Å². The number of nitrogens with zero attached hydrogens (tertiary/aromatic N) is 3. The predicted molar refractivity (Wildman–Crippen MR) is 91.4 cm³/mol. The zero-order valence-corrected chi connectivity index (χ0v) is 14.3. The zero-order chi connectivity index (χ0) is 17.7. The summed E-state index contributed by atoms with van der Waals surface area (Å²) in [4.78, 5) is 31.0. The molecule has 1 aliphatic heterocycles. The summed E-state index contributed by atoms with van der Waals surface area (Å²) in [5, 5.41) is 12.4. The van der Waals surface area contributed by atoms with Gasteiger partial charge in [0.25, 0.3) is 0 Å². The molecule has 0 unspecified atom stereocenters. The molecule has 2 aliphatic carbocycles. The average molecular weight is 336 g/mol. The van der Waals surface area contributed by atoms with Crippen molar-refractivity contribution in [3.05, 3.63) is 35.0 Å². The van der Waals surface area contributed by atoms with E-state index in [1.54, 1.807) is 0 Å². The van der Waals surface area contributed by atoms with Crippen LogP contribution in [0.1, 0.15) is 23.2 Å². The van der Waals surface area contributed by atoms with Crippen molar-refractivity contribution in [2.45, 2.75) is 20.3 Å². The second-order valence-electron chi connectivity index (χ2n) is 7.17. The predicted octanol–water partition coefficient (Wildman–Crippen LogP) is 1.79. The van der Waals surface area contributed by atoms with Crippen molar-refractivity contribution in [2.75, 3.05) is 18.4 Å². The summed E-state index contributed by atoms with van der Waals surface area (Å²) in [5.74, 6) is 0.588. The molecule has 1 saturated carbocycles. The van der Waals surface area contributed by atoms with E-state index >= 15 is 0 Å². The number of carbonyl (C=O) groups is 2. The van der Waals surface area contributed by atoms with Crippen LogP contribution in [-0.4, -0.2) is 34.8 Å². The number of amides is 2. The Hall–Kier alpha value is -2.68. The topological polar surface area (TPSA) is 86.1 Å². The molecule has 1 N–H and O–H groups in total. The number of aryl methyl sites for hydroxylation is 2. The highest BCUT2D eigenvalue weighted by atomic mass is 16.2. The summed E-state index contributed by atoms with van der Waals surface area (Å²) in [7, 11) is 0. The molecule has 0 radical (unpaired) electrons. The van der Waals surface area contributed by atoms with E-state index in [1.165, 1.54) is 4.90 Å². The smallest absolute Gasteiger partial charge is 0.233 e. The highest BCUT2D eigenvalue weighted by Crippen LogP contribution is 2.52. The molecule has 6 nitrogen and oxygen atoms in total. The van der Waals surface area contributed by atoms with E-state index in [0.29, 0.717) is 24.5 Å². The summed E-state index contributed by atoms with van der Waals surface area (Å²) in [6.07, 6.45) is 5.13. The molecule has 25 heavy (non-hydrogen) atoms. The summed E-state index contributed by atoms with van der Waals surface area (Å²) in [6.45, 7) is 4.45. The van der Waals surface area contributed by atoms with Crippen molar-refractivity contribution in [1.29, 1.82) is 5.26 Å². The minimum atomic E-state index is -0.156. The summed E-state index contributed by atoms with van der Waals surface area (Å²) in [5.41, 5.74) is 2.19. The molecule has 0 aromatic carbocycles. The van der Waals surface area contributed by atoms with Crippen LogP contribution in [0.4, 0.5) is 5.82 Å². The van der Waals surface area contributed by atoms with Crippen LogP contribution in [0, 0.1) is 48.9 Å². The number of fused-ring (bicyclic) bond motifs is 5. The quantitative estimate of drug-likeness (QED) is 0.669. The number of carbonyl (C=O) groups excluding carboxylic acids is 2. The van der Waals surface area contributed by atoms with Gasteiger partial charge in [0.05, 0.1) is 17.4 Å². The molecular weight excluding hydrogens is 316 g/mol. The van der Waals surface area contributed by atoms with Crippen molar-refractivity contribution >= 4 is 17.6 Å². The van der Waals surface area contributed by atoms with Crippen LogP contribution in [0.3, 0.4) is 0 Å². The lowest BCUT2D eigenvalue weighted by molar-refractivity contribution is -0.140. The molecule has 1 aromatic rings. The van der Waals surface area contributed by atoms with Crippen LogP contribution < -0.4 is 5.32 Å². The third-order valence-electron chi connectivity index (χ3n) is 5.65. The van der Waals surface area contributed by atoms with E-state index in [-0.39, 0.29) is 35.5 Å². The Labute approximate surface area is 146 Å². The maximum Gasteiger partial charge on any atom is 0.233 e. The molecule has 4 atom stereocenters. The number of aromatic nitrogens is 1. The Kier molecular flexibility index (Phi) is 3.60. The Balaban J connectivity index is 1.45. The Morgan fingerprint density at radius 1 is 1.24 bits per heavy atom. The number of hydrogen-bond donors (Lipinski definition) is 1. The van der Waals surface area contributed by atoms with E-state index in [0.717, 1.165) is 17.7 Å². The van der Waals surface area contributed by atoms with Crippen LogP contribution in [-0.2, 0) is 9.59 Å². The Morgan fingerprint density at radius 2 is 1.88 bits per heavy atom. The van der Waals surface area contributed by atoms with Gasteiger partial charge in [-0.1, -0.05) is 12.2 Å². The first-order chi connectivity index (χ1) is 12.0. The zero-order valence-electron chi connectivity index (χ0n) is 14.3. The van der Waals surface area contributed by atoms with Crippen molar-refractivity contribution in [1.82, 2.24) is 9.88 Å². The fourth-order valence-corrected chi connectivity index (χ4v) is 4.58. The van der Waals surface area contributed by atoms with E-state index < -0.39 is 0 Å². The lowest BCUT2D eigenvalue weighted by Crippen LogP contribution is -2.36. The number of pyridine rings is 1. The molecule has 0 spiro atoms. The minimum absolute atomic E-state index is 0.0393. The number of rotatable bonds is 4. The fourth-order valence-electron chi connectivity index (χ4n) is 4.58. The standard InChI is InChI=1S/C19H20N4O2/c1-10-7-11(2)22-17(14(10)9-20)21-5-6-23-18(24)15-12-3-4-13(8-12)16(15)19(23)25/h3-4,7,12-13,15-16H,5-6,8H2,1-2H3,(H,21,22)/t12-,13-,15-,16+/m0/s1. The van der Waals surface area contributed by atoms with Crippen molar-refractivity contribution in [2.24, 2.45) is 23.7 Å². The van der Waals surface area contributed by atoms with Gasteiger partial charge in [-0.15, -0.1) is 0 Å². The molecule has 2 bridgehead atoms. The Morgan fingerprint density at radius 3 is 2.48 bits per heavy atom. The molecule has 3 aliphatic rings. The highest BCUT2D eigenvalue weighted by molar-refractivity contribution is 6.06. The second-order valence-corrected chi connectivity index (χ2v) is 7.17. The summed E-state index contributed by atoms with van der Waals surface area (Å²) in [6, 6.07) is 4.02. The minimum Gasteiger partial charge on any atom is -0.367 e. The molecule has 6 heteroatoms.